The van der Waals surface area contributed by atoms with Crippen molar-refractivity contribution >= 4 is 10.0 Å². The first-order chi connectivity index (χ1) is 11.0. The number of nitrogens with zero attached hydrogens (tertiary/aromatic N) is 1. The largest absolute Gasteiger partial charge is 0.231 e. The first kappa shape index (κ1) is 20.9. The van der Waals surface area contributed by atoms with E-state index in [9.17, 15) is 8.42 Å². The molecule has 0 aromatic rings. The number of rotatable bonds is 13. The number of piperidine rings is 1. The highest BCUT2D eigenvalue weighted by atomic mass is 32.2. The van der Waals surface area contributed by atoms with Crippen LogP contribution in [0.3, 0.4) is 0 Å². The van der Waals surface area contributed by atoms with E-state index in [1.54, 1.807) is 0 Å². The number of hydrogen-bond donors (Lipinski definition) is 1. The van der Waals surface area contributed by atoms with Gasteiger partial charge in [-0.3, -0.25) is 0 Å². The lowest BCUT2D eigenvalue weighted by molar-refractivity contribution is 0.159. The van der Waals surface area contributed by atoms with Crippen LogP contribution in [-0.4, -0.2) is 32.3 Å². The standard InChI is InChI=1S/C18H38N2O2S/c1-3-4-5-6-7-8-9-10-11-12-16-23(21,22)19-20-15-13-14-18(2)17-20/h18-19H,3-17H2,1-2H3. The monoisotopic (exact) mass is 346 g/mol. The van der Waals surface area contributed by atoms with Crippen LogP contribution in [0.5, 0.6) is 0 Å². The van der Waals surface area contributed by atoms with Gasteiger partial charge in [0, 0.05) is 13.1 Å². The number of hydrazine groups is 1. The molecule has 4 nitrogen and oxygen atoms in total. The van der Waals surface area contributed by atoms with E-state index in [0.717, 1.165) is 32.4 Å². The summed E-state index contributed by atoms with van der Waals surface area (Å²) in [6, 6.07) is 0. The highest BCUT2D eigenvalue weighted by molar-refractivity contribution is 7.89. The van der Waals surface area contributed by atoms with Gasteiger partial charge in [-0.2, -0.15) is 0 Å². The third kappa shape index (κ3) is 11.1. The predicted molar refractivity (Wildman–Crippen MR) is 98.7 cm³/mol. The minimum atomic E-state index is -3.14. The average Bonchev–Trinajstić information content (AvgIpc) is 2.48. The summed E-state index contributed by atoms with van der Waals surface area (Å²) in [4.78, 5) is 2.76. The number of nitrogens with one attached hydrogen (secondary N) is 1. The number of hydrogen-bond acceptors (Lipinski definition) is 3. The summed E-state index contributed by atoms with van der Waals surface area (Å²) >= 11 is 0. The molecule has 0 aromatic carbocycles. The van der Waals surface area contributed by atoms with Crippen LogP contribution < -0.4 is 4.83 Å². The summed E-state index contributed by atoms with van der Waals surface area (Å²) in [6.45, 7) is 6.12. The summed E-state index contributed by atoms with van der Waals surface area (Å²) in [5, 5.41) is 1.89. The third-order valence-corrected chi connectivity index (χ3v) is 6.05. The van der Waals surface area contributed by atoms with E-state index >= 15 is 0 Å². The summed E-state index contributed by atoms with van der Waals surface area (Å²) in [6.07, 6.45) is 14.6. The highest BCUT2D eigenvalue weighted by Gasteiger charge is 2.20. The molecular weight excluding hydrogens is 308 g/mol. The highest BCUT2D eigenvalue weighted by Crippen LogP contribution is 2.14. The van der Waals surface area contributed by atoms with Gasteiger partial charge in [-0.1, -0.05) is 71.6 Å². The zero-order valence-electron chi connectivity index (χ0n) is 15.4. The second-order valence-corrected chi connectivity index (χ2v) is 9.11. The fraction of sp³-hybridized carbons (Fsp3) is 1.00. The minimum absolute atomic E-state index is 0.272. The van der Waals surface area contributed by atoms with Crippen LogP contribution in [0.2, 0.25) is 0 Å². The first-order valence-corrected chi connectivity index (χ1v) is 11.4. The molecule has 1 aliphatic heterocycles. The fourth-order valence-corrected chi connectivity index (χ4v) is 4.53. The van der Waals surface area contributed by atoms with Gasteiger partial charge in [0.25, 0.3) is 0 Å². The SMILES string of the molecule is CCCCCCCCCCCCS(=O)(=O)NN1CCCC(C)C1. The van der Waals surface area contributed by atoms with Crippen molar-refractivity contribution in [1.82, 2.24) is 9.84 Å². The van der Waals surface area contributed by atoms with Crippen molar-refractivity contribution in [3.05, 3.63) is 0 Å². The van der Waals surface area contributed by atoms with Gasteiger partial charge < -0.3 is 0 Å². The molecule has 0 aromatic heterocycles. The Morgan fingerprint density at radius 1 is 0.957 bits per heavy atom. The van der Waals surface area contributed by atoms with Gasteiger partial charge in [0.1, 0.15) is 0 Å². The molecule has 0 saturated carbocycles. The van der Waals surface area contributed by atoms with Crippen LogP contribution in [0.15, 0.2) is 0 Å². The molecule has 1 rings (SSSR count). The second-order valence-electron chi connectivity index (χ2n) is 7.29. The molecule has 0 radical (unpaired) electrons. The van der Waals surface area contributed by atoms with Gasteiger partial charge >= 0.3 is 0 Å². The lowest BCUT2D eigenvalue weighted by Gasteiger charge is -2.30. The Bertz CT molecular complexity index is 384. The van der Waals surface area contributed by atoms with Crippen LogP contribution in [0, 0.1) is 5.92 Å². The zero-order chi connectivity index (χ0) is 17.0. The van der Waals surface area contributed by atoms with Crippen LogP contribution in [-0.2, 0) is 10.0 Å². The van der Waals surface area contributed by atoms with Gasteiger partial charge in [0.2, 0.25) is 10.0 Å². The maximum atomic E-state index is 12.1. The first-order valence-electron chi connectivity index (χ1n) is 9.78. The van der Waals surface area contributed by atoms with Gasteiger partial charge in [-0.25, -0.2) is 13.4 Å². The molecule has 1 saturated heterocycles. The summed E-state index contributed by atoms with van der Waals surface area (Å²) in [7, 11) is -3.14. The summed E-state index contributed by atoms with van der Waals surface area (Å²) < 4.78 is 24.2. The smallest absolute Gasteiger partial charge is 0.224 e. The van der Waals surface area contributed by atoms with Crippen molar-refractivity contribution < 1.29 is 8.42 Å². The molecule has 0 spiro atoms. The lowest BCUT2D eigenvalue weighted by Crippen LogP contribution is -2.47. The van der Waals surface area contributed by atoms with Crippen LogP contribution in [0.25, 0.3) is 0 Å². The van der Waals surface area contributed by atoms with E-state index in [2.05, 4.69) is 18.7 Å². The van der Waals surface area contributed by atoms with Gasteiger partial charge in [-0.15, -0.1) is 4.83 Å². The van der Waals surface area contributed by atoms with Gasteiger partial charge in [0.15, 0.2) is 0 Å². The van der Waals surface area contributed by atoms with Crippen molar-refractivity contribution in [2.24, 2.45) is 5.92 Å². The van der Waals surface area contributed by atoms with E-state index < -0.39 is 10.0 Å². The minimum Gasteiger partial charge on any atom is -0.231 e. The zero-order valence-corrected chi connectivity index (χ0v) is 16.2. The normalized spacial score (nSPS) is 20.0. The molecule has 23 heavy (non-hydrogen) atoms. The van der Waals surface area contributed by atoms with Gasteiger partial charge in [0.05, 0.1) is 5.75 Å². The molecule has 0 bridgehead atoms. The van der Waals surface area contributed by atoms with E-state index in [4.69, 9.17) is 0 Å². The van der Waals surface area contributed by atoms with Crippen molar-refractivity contribution in [2.45, 2.75) is 90.9 Å². The van der Waals surface area contributed by atoms with Crippen molar-refractivity contribution in [3.63, 3.8) is 0 Å². The Morgan fingerprint density at radius 3 is 2.09 bits per heavy atom. The second kappa shape index (κ2) is 12.3. The topological polar surface area (TPSA) is 49.4 Å². The maximum Gasteiger partial charge on any atom is 0.224 e. The van der Waals surface area contributed by atoms with Crippen molar-refractivity contribution in [3.8, 4) is 0 Å². The molecular formula is C18H38N2O2S. The molecule has 5 heteroatoms. The van der Waals surface area contributed by atoms with E-state index in [-0.39, 0.29) is 5.75 Å². The van der Waals surface area contributed by atoms with E-state index in [1.165, 1.54) is 57.8 Å². The summed E-state index contributed by atoms with van der Waals surface area (Å²) in [5.74, 6) is 0.859. The summed E-state index contributed by atoms with van der Waals surface area (Å²) in [5.41, 5.74) is 0. The molecule has 1 aliphatic rings. The van der Waals surface area contributed by atoms with Crippen molar-refractivity contribution in [2.75, 3.05) is 18.8 Å². The molecule has 1 fully saturated rings. The number of sulfonamides is 1. The molecule has 1 unspecified atom stereocenters. The van der Waals surface area contributed by atoms with Crippen LogP contribution in [0.1, 0.15) is 90.9 Å². The predicted octanol–water partition coefficient (Wildman–Crippen LogP) is 4.47. The van der Waals surface area contributed by atoms with E-state index in [1.807, 2.05) is 5.01 Å². The molecule has 0 amide bonds. The average molecular weight is 347 g/mol. The Labute approximate surface area is 144 Å². The Hall–Kier alpha value is -0.130. The van der Waals surface area contributed by atoms with Crippen LogP contribution in [0.4, 0.5) is 0 Å². The molecule has 0 aliphatic carbocycles. The Kier molecular flexibility index (Phi) is 11.2. The molecule has 138 valence electrons. The quantitative estimate of drug-likeness (QED) is 0.500. The Morgan fingerprint density at radius 2 is 1.52 bits per heavy atom. The molecule has 1 N–H and O–H groups in total. The van der Waals surface area contributed by atoms with Crippen LogP contribution >= 0.6 is 0 Å². The Balaban J connectivity index is 1.99. The maximum absolute atomic E-state index is 12.1. The molecule has 1 heterocycles. The number of unbranched alkanes of at least 4 members (excludes halogenated alkanes) is 9. The van der Waals surface area contributed by atoms with Crippen molar-refractivity contribution in [1.29, 1.82) is 0 Å². The fourth-order valence-electron chi connectivity index (χ4n) is 3.29. The third-order valence-electron chi connectivity index (χ3n) is 4.69. The van der Waals surface area contributed by atoms with Gasteiger partial charge in [-0.05, 0) is 25.2 Å². The van der Waals surface area contributed by atoms with E-state index in [0.29, 0.717) is 5.92 Å². The molecule has 1 atom stereocenters. The lowest BCUT2D eigenvalue weighted by atomic mass is 10.0.